The van der Waals surface area contributed by atoms with Crippen LogP contribution in [0.1, 0.15) is 44.7 Å². The molecule has 1 aliphatic rings. The minimum absolute atomic E-state index is 0.00632. The Morgan fingerprint density at radius 1 is 1.09 bits per heavy atom. The molecule has 1 fully saturated rings. The first-order chi connectivity index (χ1) is 20.8. The number of benzene rings is 2. The van der Waals surface area contributed by atoms with Crippen molar-refractivity contribution in [1.29, 1.82) is 0 Å². The summed E-state index contributed by atoms with van der Waals surface area (Å²) in [5.74, 6) is 5.31. The van der Waals surface area contributed by atoms with Crippen LogP contribution in [-0.2, 0) is 21.4 Å². The number of rotatable bonds is 10. The summed E-state index contributed by atoms with van der Waals surface area (Å²) in [5.41, 5.74) is 1.88. The standard InChI is InChI=1S/C31H38F3N5O4S/c1-5-30(40)37-44(41,42)24-15-16-27(29(19-24)43-4)35-17-7-8-23-18-25-26(36-21-11-13-22(14-12-21)38(2)3)9-6-10-28(25)39(23)20-31(32,33)34/h6,9-10,15-16,18-19,21-22,35-36H,5,11-14,17,20H2,1-4H3,(H,37,40)/t21-,22+. The van der Waals surface area contributed by atoms with Gasteiger partial charge in [-0.15, -0.1) is 0 Å². The van der Waals surface area contributed by atoms with Crippen molar-refractivity contribution >= 4 is 38.2 Å². The molecule has 3 aromatic rings. The summed E-state index contributed by atoms with van der Waals surface area (Å²) in [7, 11) is 1.45. The number of halogens is 3. The summed E-state index contributed by atoms with van der Waals surface area (Å²) >= 11 is 0. The fourth-order valence-corrected chi connectivity index (χ4v) is 6.43. The molecule has 1 aromatic heterocycles. The van der Waals surface area contributed by atoms with Crippen LogP contribution in [0, 0.1) is 11.8 Å². The van der Waals surface area contributed by atoms with Crippen molar-refractivity contribution in [3.05, 3.63) is 48.2 Å². The molecule has 1 amide bonds. The van der Waals surface area contributed by atoms with Gasteiger partial charge in [0.2, 0.25) is 5.91 Å². The van der Waals surface area contributed by atoms with Crippen LogP contribution in [-0.4, -0.2) is 69.8 Å². The number of nitrogens with one attached hydrogen (secondary N) is 3. The van der Waals surface area contributed by atoms with Crippen molar-refractivity contribution < 1.29 is 31.1 Å². The van der Waals surface area contributed by atoms with Gasteiger partial charge < -0.3 is 24.8 Å². The van der Waals surface area contributed by atoms with Crippen LogP contribution in [0.15, 0.2) is 47.4 Å². The Labute approximate surface area is 256 Å². The van der Waals surface area contributed by atoms with Crippen molar-refractivity contribution in [1.82, 2.24) is 14.2 Å². The third-order valence-corrected chi connectivity index (χ3v) is 9.08. The number of sulfonamides is 1. The van der Waals surface area contributed by atoms with E-state index in [0.29, 0.717) is 22.6 Å². The van der Waals surface area contributed by atoms with E-state index in [-0.39, 0.29) is 35.3 Å². The number of alkyl halides is 3. The Morgan fingerprint density at radius 3 is 2.45 bits per heavy atom. The Morgan fingerprint density at radius 2 is 1.82 bits per heavy atom. The van der Waals surface area contributed by atoms with Gasteiger partial charge in [-0.25, -0.2) is 13.1 Å². The van der Waals surface area contributed by atoms with Gasteiger partial charge in [-0.3, -0.25) is 4.79 Å². The van der Waals surface area contributed by atoms with Gasteiger partial charge in [-0.2, -0.15) is 13.2 Å². The first-order valence-electron chi connectivity index (χ1n) is 14.4. The Balaban J connectivity index is 1.55. The van der Waals surface area contributed by atoms with E-state index in [4.69, 9.17) is 4.74 Å². The van der Waals surface area contributed by atoms with Crippen molar-refractivity contribution in [3.63, 3.8) is 0 Å². The molecule has 9 nitrogen and oxygen atoms in total. The molecule has 0 unspecified atom stereocenters. The van der Waals surface area contributed by atoms with E-state index in [9.17, 15) is 26.4 Å². The monoisotopic (exact) mass is 633 g/mol. The fourth-order valence-electron chi connectivity index (χ4n) is 5.36. The number of methoxy groups -OCH3 is 1. The summed E-state index contributed by atoms with van der Waals surface area (Å²) in [5, 5.41) is 7.26. The van der Waals surface area contributed by atoms with Gasteiger partial charge in [0.1, 0.15) is 12.3 Å². The molecule has 238 valence electrons. The van der Waals surface area contributed by atoms with E-state index in [0.717, 1.165) is 31.4 Å². The summed E-state index contributed by atoms with van der Waals surface area (Å²) in [4.78, 5) is 13.7. The highest BCUT2D eigenvalue weighted by Gasteiger charge is 2.30. The number of amides is 1. The van der Waals surface area contributed by atoms with Gasteiger partial charge in [-0.1, -0.05) is 18.9 Å². The van der Waals surface area contributed by atoms with Gasteiger partial charge in [0, 0.05) is 35.6 Å². The Kier molecular flexibility index (Phi) is 10.4. The van der Waals surface area contributed by atoms with E-state index < -0.39 is 28.7 Å². The van der Waals surface area contributed by atoms with Crippen LogP contribution in [0.4, 0.5) is 24.5 Å². The van der Waals surface area contributed by atoms with Crippen molar-refractivity contribution in [2.24, 2.45) is 0 Å². The third kappa shape index (κ3) is 8.18. The molecule has 1 aliphatic carbocycles. The molecule has 0 bridgehead atoms. The number of hydrogen-bond donors (Lipinski definition) is 3. The van der Waals surface area contributed by atoms with E-state index in [1.165, 1.54) is 36.8 Å². The predicted octanol–water partition coefficient (Wildman–Crippen LogP) is 5.18. The molecule has 1 saturated carbocycles. The van der Waals surface area contributed by atoms with Crippen molar-refractivity contribution in [2.75, 3.05) is 38.4 Å². The second-order valence-corrected chi connectivity index (χ2v) is 12.7. The molecule has 3 N–H and O–H groups in total. The number of fused-ring (bicyclic) bond motifs is 1. The smallest absolute Gasteiger partial charge is 0.406 e. The third-order valence-electron chi connectivity index (χ3n) is 7.71. The molecule has 13 heteroatoms. The maximum Gasteiger partial charge on any atom is 0.406 e. The van der Waals surface area contributed by atoms with Crippen LogP contribution in [0.2, 0.25) is 0 Å². The van der Waals surface area contributed by atoms with Crippen molar-refractivity contribution in [2.45, 2.75) is 68.7 Å². The molecular weight excluding hydrogens is 595 g/mol. The molecule has 0 atom stereocenters. The van der Waals surface area contributed by atoms with Crippen LogP contribution in [0.5, 0.6) is 5.75 Å². The van der Waals surface area contributed by atoms with Crippen molar-refractivity contribution in [3.8, 4) is 17.6 Å². The van der Waals surface area contributed by atoms with Crippen LogP contribution in [0.25, 0.3) is 10.9 Å². The summed E-state index contributed by atoms with van der Waals surface area (Å²) in [6.45, 7) is 0.405. The zero-order valence-electron chi connectivity index (χ0n) is 25.2. The van der Waals surface area contributed by atoms with Gasteiger partial charge in [-0.05, 0) is 76.0 Å². The number of anilines is 2. The first-order valence-corrected chi connectivity index (χ1v) is 15.9. The lowest BCUT2D eigenvalue weighted by molar-refractivity contribution is -0.140. The SMILES string of the molecule is CCC(=O)NS(=O)(=O)c1ccc(NCC#Cc2cc3c(N[C@H]4CC[C@@H](N(C)C)CC4)cccc3n2CC(F)(F)F)c(OC)c1. The highest BCUT2D eigenvalue weighted by atomic mass is 32.2. The number of carbonyl (C=O) groups is 1. The Hall–Kier alpha value is -3.89. The zero-order chi connectivity index (χ0) is 32.1. The molecule has 44 heavy (non-hydrogen) atoms. The van der Waals surface area contributed by atoms with E-state index in [1.54, 1.807) is 18.2 Å². The average molecular weight is 634 g/mol. The van der Waals surface area contributed by atoms with Gasteiger partial charge in [0.05, 0.1) is 35.4 Å². The first kappa shape index (κ1) is 33.0. The molecule has 1 heterocycles. The fraction of sp³-hybridized carbons (Fsp3) is 0.452. The van der Waals surface area contributed by atoms with Crippen LogP contribution >= 0.6 is 0 Å². The number of aromatic nitrogens is 1. The van der Waals surface area contributed by atoms with Gasteiger partial charge >= 0.3 is 6.18 Å². The van der Waals surface area contributed by atoms with E-state index in [1.807, 2.05) is 10.8 Å². The topological polar surface area (TPSA) is 105 Å². The second-order valence-electron chi connectivity index (χ2n) is 11.0. The number of carbonyl (C=O) groups excluding carboxylic acids is 1. The number of ether oxygens (including phenoxy) is 1. The molecule has 0 saturated heterocycles. The molecule has 2 aromatic carbocycles. The lowest BCUT2D eigenvalue weighted by atomic mass is 9.90. The maximum absolute atomic E-state index is 13.6. The summed E-state index contributed by atoms with van der Waals surface area (Å²) < 4.78 is 74.2. The highest BCUT2D eigenvalue weighted by Crippen LogP contribution is 2.33. The van der Waals surface area contributed by atoms with E-state index in [2.05, 4.69) is 41.5 Å². The molecule has 0 aliphatic heterocycles. The quantitative estimate of drug-likeness (QED) is 0.265. The Bertz CT molecular complexity index is 1650. The highest BCUT2D eigenvalue weighted by molar-refractivity contribution is 7.90. The molecular formula is C31H38F3N5O4S. The largest absolute Gasteiger partial charge is 0.495 e. The van der Waals surface area contributed by atoms with Gasteiger partial charge in [0.25, 0.3) is 10.0 Å². The van der Waals surface area contributed by atoms with Gasteiger partial charge in [0.15, 0.2) is 0 Å². The van der Waals surface area contributed by atoms with E-state index >= 15 is 0 Å². The van der Waals surface area contributed by atoms with Crippen LogP contribution in [0.3, 0.4) is 0 Å². The molecule has 0 radical (unpaired) electrons. The normalized spacial score (nSPS) is 17.2. The average Bonchev–Trinajstić information content (AvgIpc) is 3.31. The molecule has 0 spiro atoms. The van der Waals surface area contributed by atoms with Crippen LogP contribution < -0.4 is 20.1 Å². The minimum atomic E-state index is -4.44. The predicted molar refractivity (Wildman–Crippen MR) is 165 cm³/mol. The summed E-state index contributed by atoms with van der Waals surface area (Å²) in [6.07, 6.45) is -0.376. The molecule has 4 rings (SSSR count). The zero-order valence-corrected chi connectivity index (χ0v) is 26.0. The lowest BCUT2D eigenvalue weighted by Crippen LogP contribution is -2.36. The second kappa shape index (κ2) is 13.8. The lowest BCUT2D eigenvalue weighted by Gasteiger charge is -2.33. The summed E-state index contributed by atoms with van der Waals surface area (Å²) in [6, 6.07) is 11.8. The number of hydrogen-bond acceptors (Lipinski definition) is 7. The number of nitrogens with zero attached hydrogens (tertiary/aromatic N) is 2. The maximum atomic E-state index is 13.6. The minimum Gasteiger partial charge on any atom is -0.495 e.